The molecule has 8 heteroatoms. The normalized spacial score (nSPS) is 14.1. The van der Waals surface area contributed by atoms with E-state index in [0.29, 0.717) is 0 Å². The SMILES string of the molecule is CCCCC[C@@H](c1ccc(OC)cc1)[C@@H](CO)NS(=O)(=O)c1ccc(Br)s1. The molecule has 0 unspecified atom stereocenters. The van der Waals surface area contributed by atoms with Gasteiger partial charge in [-0.1, -0.05) is 38.3 Å². The number of rotatable bonds is 11. The van der Waals surface area contributed by atoms with E-state index in [1.165, 1.54) is 0 Å². The monoisotopic (exact) mass is 475 g/mol. The van der Waals surface area contributed by atoms with Crippen molar-refractivity contribution in [2.75, 3.05) is 13.7 Å². The predicted molar refractivity (Wildman–Crippen MR) is 113 cm³/mol. The van der Waals surface area contributed by atoms with E-state index in [-0.39, 0.29) is 16.7 Å². The lowest BCUT2D eigenvalue weighted by atomic mass is 9.87. The van der Waals surface area contributed by atoms with Gasteiger partial charge in [0.05, 0.1) is 23.5 Å². The molecule has 2 atom stereocenters. The minimum absolute atomic E-state index is 0.120. The topological polar surface area (TPSA) is 75.6 Å². The van der Waals surface area contributed by atoms with Gasteiger partial charge in [0, 0.05) is 5.92 Å². The fraction of sp³-hybridized carbons (Fsp3) is 0.474. The summed E-state index contributed by atoms with van der Waals surface area (Å²) in [6, 6.07) is 10.3. The lowest BCUT2D eigenvalue weighted by molar-refractivity contribution is 0.233. The van der Waals surface area contributed by atoms with Crippen molar-refractivity contribution in [2.24, 2.45) is 0 Å². The minimum atomic E-state index is -3.69. The third-order valence-electron chi connectivity index (χ3n) is 4.46. The third-order valence-corrected chi connectivity index (χ3v) is 8.07. The number of sulfonamides is 1. The van der Waals surface area contributed by atoms with Crippen molar-refractivity contribution in [1.29, 1.82) is 0 Å². The zero-order valence-corrected chi connectivity index (χ0v) is 18.7. The molecule has 0 fully saturated rings. The first-order valence-electron chi connectivity index (χ1n) is 8.93. The van der Waals surface area contributed by atoms with Crippen molar-refractivity contribution < 1.29 is 18.3 Å². The molecular weight excluding hydrogens is 450 g/mol. The molecular formula is C19H26BrNO4S2. The number of nitrogens with one attached hydrogen (secondary N) is 1. The number of aliphatic hydroxyl groups excluding tert-OH is 1. The number of ether oxygens (including phenoxy) is 1. The van der Waals surface area contributed by atoms with E-state index in [9.17, 15) is 13.5 Å². The molecule has 0 spiro atoms. The molecule has 0 bridgehead atoms. The van der Waals surface area contributed by atoms with Crippen LogP contribution in [0.3, 0.4) is 0 Å². The molecule has 5 nitrogen and oxygen atoms in total. The van der Waals surface area contributed by atoms with Crippen LogP contribution in [0.5, 0.6) is 5.75 Å². The molecule has 0 saturated heterocycles. The van der Waals surface area contributed by atoms with Crippen LogP contribution in [0.15, 0.2) is 44.4 Å². The fourth-order valence-corrected chi connectivity index (χ4v) is 6.31. The molecule has 0 saturated carbocycles. The molecule has 0 radical (unpaired) electrons. The minimum Gasteiger partial charge on any atom is -0.497 e. The van der Waals surface area contributed by atoms with E-state index in [4.69, 9.17) is 4.74 Å². The van der Waals surface area contributed by atoms with Crippen LogP contribution in [-0.2, 0) is 10.0 Å². The van der Waals surface area contributed by atoms with Crippen LogP contribution in [0.1, 0.15) is 44.1 Å². The lowest BCUT2D eigenvalue weighted by Crippen LogP contribution is -2.41. The third kappa shape index (κ3) is 6.29. The van der Waals surface area contributed by atoms with Crippen LogP contribution in [0, 0.1) is 0 Å². The average Bonchev–Trinajstić information content (AvgIpc) is 3.11. The van der Waals surface area contributed by atoms with Gasteiger partial charge in [-0.2, -0.15) is 0 Å². The second kappa shape index (κ2) is 10.6. The van der Waals surface area contributed by atoms with Gasteiger partial charge in [0.15, 0.2) is 0 Å². The number of aliphatic hydroxyl groups is 1. The van der Waals surface area contributed by atoms with Crippen molar-refractivity contribution in [3.8, 4) is 5.75 Å². The Morgan fingerprint density at radius 1 is 1.19 bits per heavy atom. The summed E-state index contributed by atoms with van der Waals surface area (Å²) >= 11 is 4.44. The number of methoxy groups -OCH3 is 1. The van der Waals surface area contributed by atoms with Gasteiger partial charge in [0.1, 0.15) is 9.96 Å². The van der Waals surface area contributed by atoms with Gasteiger partial charge in [0.2, 0.25) is 10.0 Å². The molecule has 2 N–H and O–H groups in total. The molecule has 1 aromatic carbocycles. The van der Waals surface area contributed by atoms with Crippen molar-refractivity contribution in [2.45, 2.75) is 48.8 Å². The Hall–Kier alpha value is -0.930. The first-order valence-corrected chi connectivity index (χ1v) is 12.0. The van der Waals surface area contributed by atoms with E-state index < -0.39 is 16.1 Å². The summed E-state index contributed by atoms with van der Waals surface area (Å²) < 4.78 is 34.4. The summed E-state index contributed by atoms with van der Waals surface area (Å²) in [5.41, 5.74) is 0.987. The smallest absolute Gasteiger partial charge is 0.250 e. The summed E-state index contributed by atoms with van der Waals surface area (Å²) in [4.78, 5) is 0. The Balaban J connectivity index is 2.26. The summed E-state index contributed by atoms with van der Waals surface area (Å²) in [7, 11) is -2.08. The van der Waals surface area contributed by atoms with Crippen molar-refractivity contribution >= 4 is 37.3 Å². The maximum absolute atomic E-state index is 12.7. The van der Waals surface area contributed by atoms with Crippen molar-refractivity contribution in [3.63, 3.8) is 0 Å². The Labute approximate surface area is 173 Å². The van der Waals surface area contributed by atoms with Gasteiger partial charge in [0.25, 0.3) is 0 Å². The van der Waals surface area contributed by atoms with Gasteiger partial charge in [-0.25, -0.2) is 13.1 Å². The highest BCUT2D eigenvalue weighted by atomic mass is 79.9. The molecule has 27 heavy (non-hydrogen) atoms. The van der Waals surface area contributed by atoms with Crippen LogP contribution in [0.2, 0.25) is 0 Å². The highest BCUT2D eigenvalue weighted by Gasteiger charge is 2.28. The molecule has 0 aliphatic rings. The zero-order chi connectivity index (χ0) is 19.9. The Bertz CT molecular complexity index is 805. The first kappa shape index (κ1) is 22.4. The van der Waals surface area contributed by atoms with Crippen LogP contribution in [0.4, 0.5) is 0 Å². The molecule has 1 aromatic heterocycles. The second-order valence-corrected chi connectivity index (χ2v) is 10.7. The van der Waals surface area contributed by atoms with Gasteiger partial charge < -0.3 is 9.84 Å². The second-order valence-electron chi connectivity index (χ2n) is 6.34. The maximum atomic E-state index is 12.7. The average molecular weight is 476 g/mol. The molecule has 0 amide bonds. The van der Waals surface area contributed by atoms with Crippen LogP contribution in [-0.4, -0.2) is 33.3 Å². The van der Waals surface area contributed by atoms with Crippen molar-refractivity contribution in [1.82, 2.24) is 4.72 Å². The van der Waals surface area contributed by atoms with E-state index >= 15 is 0 Å². The summed E-state index contributed by atoms with van der Waals surface area (Å²) in [5.74, 6) is 0.626. The van der Waals surface area contributed by atoms with Crippen molar-refractivity contribution in [3.05, 3.63) is 45.7 Å². The molecule has 0 aliphatic heterocycles. The summed E-state index contributed by atoms with van der Waals surface area (Å²) in [6.45, 7) is 1.86. The largest absolute Gasteiger partial charge is 0.497 e. The number of thiophene rings is 1. The number of unbranched alkanes of at least 4 members (excludes halogenated alkanes) is 2. The van der Waals surface area contributed by atoms with Crippen LogP contribution >= 0.6 is 27.3 Å². The number of halogens is 1. The predicted octanol–water partition coefficient (Wildman–Crippen LogP) is 4.52. The van der Waals surface area contributed by atoms with Gasteiger partial charge in [-0.05, 0) is 52.2 Å². The zero-order valence-electron chi connectivity index (χ0n) is 15.5. The maximum Gasteiger partial charge on any atom is 0.250 e. The van der Waals surface area contributed by atoms with E-state index in [1.54, 1.807) is 19.2 Å². The van der Waals surface area contributed by atoms with Crippen LogP contribution < -0.4 is 9.46 Å². The standard InChI is InChI=1S/C19H26BrNO4S2/c1-3-4-5-6-16(14-7-9-15(25-2)10-8-14)17(13-22)21-27(23,24)19-12-11-18(20)26-19/h7-12,16-17,21-22H,3-6,13H2,1-2H3/t16-,17+/m0/s1. The number of hydrogen-bond acceptors (Lipinski definition) is 5. The highest BCUT2D eigenvalue weighted by Crippen LogP contribution is 2.30. The molecule has 150 valence electrons. The highest BCUT2D eigenvalue weighted by molar-refractivity contribution is 9.11. The molecule has 2 aromatic rings. The Kier molecular flexibility index (Phi) is 8.75. The van der Waals surface area contributed by atoms with Crippen LogP contribution in [0.25, 0.3) is 0 Å². The molecule has 1 heterocycles. The lowest BCUT2D eigenvalue weighted by Gasteiger charge is -2.27. The Morgan fingerprint density at radius 2 is 1.89 bits per heavy atom. The molecule has 2 rings (SSSR count). The van der Waals surface area contributed by atoms with Gasteiger partial charge >= 0.3 is 0 Å². The van der Waals surface area contributed by atoms with E-state index in [2.05, 4.69) is 27.6 Å². The summed E-state index contributed by atoms with van der Waals surface area (Å²) in [6.07, 6.45) is 3.90. The number of benzene rings is 1. The van der Waals surface area contributed by atoms with E-state index in [0.717, 1.165) is 52.1 Å². The van der Waals surface area contributed by atoms with Gasteiger partial charge in [-0.3, -0.25) is 0 Å². The Morgan fingerprint density at radius 3 is 2.41 bits per heavy atom. The van der Waals surface area contributed by atoms with E-state index in [1.807, 2.05) is 24.3 Å². The quantitative estimate of drug-likeness (QED) is 0.468. The number of hydrogen-bond donors (Lipinski definition) is 2. The van der Waals surface area contributed by atoms with Gasteiger partial charge in [-0.15, -0.1) is 11.3 Å². The fourth-order valence-electron chi connectivity index (χ4n) is 3.01. The summed E-state index contributed by atoms with van der Waals surface area (Å²) in [5, 5.41) is 9.97. The molecule has 0 aliphatic carbocycles. The first-order chi connectivity index (χ1) is 12.9.